The highest BCUT2D eigenvalue weighted by Crippen LogP contribution is 2.25. The average Bonchev–Trinajstić information content (AvgIpc) is 2.39. The quantitative estimate of drug-likeness (QED) is 0.873. The zero-order valence-corrected chi connectivity index (χ0v) is 10.6. The van der Waals surface area contributed by atoms with Gasteiger partial charge >= 0.3 is 0 Å². The normalized spacial score (nSPS) is 9.95. The SMILES string of the molecule is N#Cc1ccc(OCc2ccc(F)cc2Cl)c(N)c1. The molecule has 0 spiro atoms. The number of halogens is 2. The van der Waals surface area contributed by atoms with Crippen LogP contribution in [0.5, 0.6) is 5.75 Å². The standard InChI is InChI=1S/C14H10ClFN2O/c15-12-6-11(16)3-2-10(12)8-19-14-4-1-9(7-17)5-13(14)18/h1-6H,8,18H2. The lowest BCUT2D eigenvalue weighted by molar-refractivity contribution is 0.308. The molecule has 0 saturated carbocycles. The number of nitrogens with two attached hydrogens (primary N) is 1. The van der Waals surface area contributed by atoms with E-state index in [4.69, 9.17) is 27.3 Å². The van der Waals surface area contributed by atoms with Crippen molar-refractivity contribution in [2.75, 3.05) is 5.73 Å². The fraction of sp³-hybridized carbons (Fsp3) is 0.0714. The molecule has 3 nitrogen and oxygen atoms in total. The highest BCUT2D eigenvalue weighted by molar-refractivity contribution is 6.31. The van der Waals surface area contributed by atoms with Crippen LogP contribution in [-0.2, 0) is 6.61 Å². The molecule has 0 atom stereocenters. The van der Waals surface area contributed by atoms with Gasteiger partial charge in [0.25, 0.3) is 0 Å². The fourth-order valence-electron chi connectivity index (χ4n) is 1.54. The molecule has 0 fully saturated rings. The van der Waals surface area contributed by atoms with Gasteiger partial charge in [-0.15, -0.1) is 0 Å². The predicted octanol–water partition coefficient (Wildman–Crippen LogP) is 3.51. The Morgan fingerprint density at radius 3 is 2.68 bits per heavy atom. The molecule has 2 rings (SSSR count). The molecule has 2 aromatic rings. The van der Waals surface area contributed by atoms with Gasteiger partial charge in [-0.25, -0.2) is 4.39 Å². The van der Waals surface area contributed by atoms with Gasteiger partial charge in [-0.3, -0.25) is 0 Å². The third-order valence-electron chi connectivity index (χ3n) is 2.54. The molecule has 0 bridgehead atoms. The molecule has 0 radical (unpaired) electrons. The zero-order valence-electron chi connectivity index (χ0n) is 9.86. The first kappa shape index (κ1) is 13.2. The molecule has 2 N–H and O–H groups in total. The minimum atomic E-state index is -0.397. The van der Waals surface area contributed by atoms with Gasteiger partial charge in [0.1, 0.15) is 18.2 Å². The van der Waals surface area contributed by atoms with E-state index in [1.54, 1.807) is 18.2 Å². The summed E-state index contributed by atoms with van der Waals surface area (Å²) >= 11 is 5.89. The number of anilines is 1. The largest absolute Gasteiger partial charge is 0.487 e. The second kappa shape index (κ2) is 5.59. The molecule has 0 heterocycles. The Balaban J connectivity index is 2.13. The van der Waals surface area contributed by atoms with Gasteiger partial charge in [0, 0.05) is 5.56 Å². The van der Waals surface area contributed by atoms with Crippen molar-refractivity contribution in [2.45, 2.75) is 6.61 Å². The van der Waals surface area contributed by atoms with Gasteiger partial charge in [-0.2, -0.15) is 5.26 Å². The molecular weight excluding hydrogens is 267 g/mol. The maximum absolute atomic E-state index is 12.9. The monoisotopic (exact) mass is 276 g/mol. The molecule has 0 aromatic heterocycles. The smallest absolute Gasteiger partial charge is 0.142 e. The van der Waals surface area contributed by atoms with Crippen molar-refractivity contribution in [3.8, 4) is 11.8 Å². The maximum atomic E-state index is 12.9. The van der Waals surface area contributed by atoms with Crippen LogP contribution in [0.4, 0.5) is 10.1 Å². The minimum Gasteiger partial charge on any atom is -0.487 e. The van der Waals surface area contributed by atoms with Crippen LogP contribution in [0.15, 0.2) is 36.4 Å². The van der Waals surface area contributed by atoms with Crippen molar-refractivity contribution >= 4 is 17.3 Å². The van der Waals surface area contributed by atoms with E-state index in [0.29, 0.717) is 27.6 Å². The van der Waals surface area contributed by atoms with Crippen molar-refractivity contribution in [3.63, 3.8) is 0 Å². The molecule has 96 valence electrons. The van der Waals surface area contributed by atoms with Crippen LogP contribution in [0.1, 0.15) is 11.1 Å². The summed E-state index contributed by atoms with van der Waals surface area (Å²) in [4.78, 5) is 0. The molecule has 19 heavy (non-hydrogen) atoms. The number of benzene rings is 2. The van der Waals surface area contributed by atoms with Crippen LogP contribution in [0.25, 0.3) is 0 Å². The van der Waals surface area contributed by atoms with Gasteiger partial charge in [0.05, 0.1) is 22.3 Å². The van der Waals surface area contributed by atoms with Crippen molar-refractivity contribution in [3.05, 3.63) is 58.4 Å². The molecule has 0 amide bonds. The number of ether oxygens (including phenoxy) is 1. The Labute approximate surface area is 115 Å². The second-order valence-corrected chi connectivity index (χ2v) is 4.30. The molecule has 5 heteroatoms. The summed E-state index contributed by atoms with van der Waals surface area (Å²) in [6.45, 7) is 0.176. The second-order valence-electron chi connectivity index (χ2n) is 3.89. The first-order valence-electron chi connectivity index (χ1n) is 5.46. The van der Waals surface area contributed by atoms with Crippen molar-refractivity contribution in [1.82, 2.24) is 0 Å². The average molecular weight is 277 g/mol. The van der Waals surface area contributed by atoms with Gasteiger partial charge in [0.2, 0.25) is 0 Å². The van der Waals surface area contributed by atoms with Crippen LogP contribution < -0.4 is 10.5 Å². The fourth-order valence-corrected chi connectivity index (χ4v) is 1.77. The van der Waals surface area contributed by atoms with E-state index in [9.17, 15) is 4.39 Å². The lowest BCUT2D eigenvalue weighted by Crippen LogP contribution is -2.00. The molecule has 0 aliphatic rings. The number of nitriles is 1. The number of hydrogen-bond donors (Lipinski definition) is 1. The molecule has 0 unspecified atom stereocenters. The summed E-state index contributed by atoms with van der Waals surface area (Å²) in [5.74, 6) is 0.0611. The van der Waals surface area contributed by atoms with Gasteiger partial charge < -0.3 is 10.5 Å². The summed E-state index contributed by atoms with van der Waals surface area (Å²) in [6, 6.07) is 10.8. The number of nitrogens with zero attached hydrogens (tertiary/aromatic N) is 1. The van der Waals surface area contributed by atoms with Crippen LogP contribution in [0, 0.1) is 17.1 Å². The number of nitrogen functional groups attached to an aromatic ring is 1. The maximum Gasteiger partial charge on any atom is 0.142 e. The van der Waals surface area contributed by atoms with E-state index in [-0.39, 0.29) is 6.61 Å². The molecule has 2 aromatic carbocycles. The van der Waals surface area contributed by atoms with E-state index < -0.39 is 5.82 Å². The van der Waals surface area contributed by atoms with Gasteiger partial charge in [0.15, 0.2) is 0 Å². The third-order valence-corrected chi connectivity index (χ3v) is 2.89. The lowest BCUT2D eigenvalue weighted by atomic mass is 10.2. The lowest BCUT2D eigenvalue weighted by Gasteiger charge is -2.10. The van der Waals surface area contributed by atoms with Crippen molar-refractivity contribution in [2.24, 2.45) is 0 Å². The van der Waals surface area contributed by atoms with E-state index in [0.717, 1.165) is 0 Å². The van der Waals surface area contributed by atoms with Crippen LogP contribution in [-0.4, -0.2) is 0 Å². The van der Waals surface area contributed by atoms with E-state index in [1.807, 2.05) is 6.07 Å². The van der Waals surface area contributed by atoms with Gasteiger partial charge in [-0.1, -0.05) is 17.7 Å². The van der Waals surface area contributed by atoms with E-state index >= 15 is 0 Å². The first-order chi connectivity index (χ1) is 9.10. The molecule has 0 saturated heterocycles. The highest BCUT2D eigenvalue weighted by Gasteiger charge is 2.05. The van der Waals surface area contributed by atoms with Crippen molar-refractivity contribution in [1.29, 1.82) is 5.26 Å². The number of hydrogen-bond acceptors (Lipinski definition) is 3. The Bertz CT molecular complexity index is 652. The minimum absolute atomic E-state index is 0.176. The van der Waals surface area contributed by atoms with Crippen LogP contribution in [0.3, 0.4) is 0 Å². The summed E-state index contributed by atoms with van der Waals surface area (Å²) < 4.78 is 18.4. The topological polar surface area (TPSA) is 59.0 Å². The van der Waals surface area contributed by atoms with E-state index in [1.165, 1.54) is 18.2 Å². The first-order valence-corrected chi connectivity index (χ1v) is 5.84. The molecular formula is C14H10ClFN2O. The van der Waals surface area contributed by atoms with Crippen molar-refractivity contribution < 1.29 is 9.13 Å². The van der Waals surface area contributed by atoms with E-state index in [2.05, 4.69) is 0 Å². The highest BCUT2D eigenvalue weighted by atomic mass is 35.5. The molecule has 0 aliphatic heterocycles. The van der Waals surface area contributed by atoms with Crippen LogP contribution in [0.2, 0.25) is 5.02 Å². The predicted molar refractivity (Wildman–Crippen MR) is 71.3 cm³/mol. The number of rotatable bonds is 3. The Kier molecular flexibility index (Phi) is 3.88. The summed E-state index contributed by atoms with van der Waals surface area (Å²) in [5, 5.41) is 9.02. The van der Waals surface area contributed by atoms with Crippen LogP contribution >= 0.6 is 11.6 Å². The summed E-state index contributed by atoms with van der Waals surface area (Å²) in [5.41, 5.74) is 7.25. The third kappa shape index (κ3) is 3.15. The summed E-state index contributed by atoms with van der Waals surface area (Å²) in [6.07, 6.45) is 0. The molecule has 0 aliphatic carbocycles. The Hall–Kier alpha value is -2.25. The zero-order chi connectivity index (χ0) is 13.8. The Morgan fingerprint density at radius 2 is 2.05 bits per heavy atom. The summed E-state index contributed by atoms with van der Waals surface area (Å²) in [7, 11) is 0. The van der Waals surface area contributed by atoms with Gasteiger partial charge in [-0.05, 0) is 30.3 Å². The Morgan fingerprint density at radius 1 is 1.26 bits per heavy atom.